The van der Waals surface area contributed by atoms with Crippen molar-refractivity contribution in [3.05, 3.63) is 64.8 Å². The molecule has 15 heteroatoms. The van der Waals surface area contributed by atoms with E-state index < -0.39 is 29.2 Å². The Kier molecular flexibility index (Phi) is 7.77. The van der Waals surface area contributed by atoms with Crippen molar-refractivity contribution in [2.75, 3.05) is 29.1 Å². The molecule has 1 unspecified atom stereocenters. The molecular formula is C21H22Cl2N5O6PS. The molecule has 4 N–H and O–H groups in total. The average Bonchev–Trinajstić information content (AvgIpc) is 3.23. The number of halogens is 2. The normalized spacial score (nSPS) is 16.5. The van der Waals surface area contributed by atoms with E-state index in [1.807, 2.05) is 0 Å². The van der Waals surface area contributed by atoms with Crippen molar-refractivity contribution in [3.63, 3.8) is 0 Å². The van der Waals surface area contributed by atoms with Crippen LogP contribution < -0.4 is 9.62 Å². The lowest BCUT2D eigenvalue weighted by Gasteiger charge is -2.29. The van der Waals surface area contributed by atoms with E-state index in [0.717, 1.165) is 0 Å². The number of aliphatic hydroxyl groups excluding tert-OH is 1. The maximum atomic E-state index is 13.5. The van der Waals surface area contributed by atoms with Crippen LogP contribution in [0.4, 0.5) is 11.5 Å². The van der Waals surface area contributed by atoms with E-state index in [2.05, 4.69) is 15.5 Å². The van der Waals surface area contributed by atoms with Crippen molar-refractivity contribution in [2.45, 2.75) is 11.7 Å². The first-order valence-electron chi connectivity index (χ1n) is 10.6. The second kappa shape index (κ2) is 10.5. The number of nitrogens with zero attached hydrogens (tertiary/aromatic N) is 4. The number of hydrogen-bond acceptors (Lipinski definition) is 7. The molecule has 1 aliphatic carbocycles. The summed E-state index contributed by atoms with van der Waals surface area (Å²) in [6, 6.07) is 9.76. The van der Waals surface area contributed by atoms with Gasteiger partial charge in [-0.3, -0.25) is 13.4 Å². The molecule has 0 spiro atoms. The minimum atomic E-state index is -4.78. The molecule has 3 aromatic rings. The largest absolute Gasteiger partial charge is 0.395 e. The first kappa shape index (κ1) is 26.6. The van der Waals surface area contributed by atoms with Crippen LogP contribution in [0.2, 0.25) is 0 Å². The van der Waals surface area contributed by atoms with E-state index in [0.29, 0.717) is 33.4 Å². The van der Waals surface area contributed by atoms with Gasteiger partial charge in [-0.15, -0.1) is 10.2 Å². The molecule has 2 aromatic heterocycles. The lowest BCUT2D eigenvalue weighted by molar-refractivity contribution is 0.311. The van der Waals surface area contributed by atoms with Crippen LogP contribution in [0.15, 0.2) is 64.8 Å². The van der Waals surface area contributed by atoms with E-state index in [9.17, 15) is 22.8 Å². The number of benzene rings is 1. The second-order valence-corrected chi connectivity index (χ2v) is 12.6. The predicted octanol–water partition coefficient (Wildman–Crippen LogP) is 3.11. The SMILES string of the molecule is O=P(O)(O)CN(c1ccc2c(ccn2-c2ccc(NCCO)nn2)c1)S(=O)(=O)C1C=C(Cl)C=C(Cl)C1. The predicted molar refractivity (Wildman–Crippen MR) is 139 cm³/mol. The molecule has 1 aliphatic rings. The zero-order chi connectivity index (χ0) is 26.1. The minimum absolute atomic E-state index is 0.0451. The van der Waals surface area contributed by atoms with E-state index >= 15 is 0 Å². The van der Waals surface area contributed by atoms with Gasteiger partial charge in [-0.1, -0.05) is 23.2 Å². The van der Waals surface area contributed by atoms with Gasteiger partial charge in [0.2, 0.25) is 10.0 Å². The zero-order valence-electron chi connectivity index (χ0n) is 18.6. The van der Waals surface area contributed by atoms with Crippen LogP contribution >= 0.6 is 30.8 Å². The third kappa shape index (κ3) is 5.92. The van der Waals surface area contributed by atoms with E-state index in [4.69, 9.17) is 28.3 Å². The minimum Gasteiger partial charge on any atom is -0.395 e. The van der Waals surface area contributed by atoms with Gasteiger partial charge in [0.05, 0.1) is 17.8 Å². The van der Waals surface area contributed by atoms with Gasteiger partial charge in [0.25, 0.3) is 0 Å². The van der Waals surface area contributed by atoms with Crippen LogP contribution in [0.1, 0.15) is 6.42 Å². The van der Waals surface area contributed by atoms with Crippen LogP contribution in [0.5, 0.6) is 0 Å². The van der Waals surface area contributed by atoms with Crippen LogP contribution in [-0.4, -0.2) is 62.8 Å². The number of sulfonamides is 1. The smallest absolute Gasteiger partial charge is 0.345 e. The van der Waals surface area contributed by atoms with Crippen molar-refractivity contribution in [2.24, 2.45) is 0 Å². The summed E-state index contributed by atoms with van der Waals surface area (Å²) in [5.74, 6) is 0.993. The monoisotopic (exact) mass is 573 g/mol. The lowest BCUT2D eigenvalue weighted by Crippen LogP contribution is -2.39. The van der Waals surface area contributed by atoms with Gasteiger partial charge in [0, 0.05) is 34.6 Å². The average molecular weight is 574 g/mol. The molecule has 0 saturated carbocycles. The Hall–Kier alpha value is -2.44. The van der Waals surface area contributed by atoms with Crippen molar-refractivity contribution in [1.29, 1.82) is 0 Å². The highest BCUT2D eigenvalue weighted by atomic mass is 35.5. The summed E-state index contributed by atoms with van der Waals surface area (Å²) in [5.41, 5.74) is 0.748. The van der Waals surface area contributed by atoms with Crippen molar-refractivity contribution in [1.82, 2.24) is 14.8 Å². The van der Waals surface area contributed by atoms with Crippen LogP contribution in [0.25, 0.3) is 16.7 Å². The molecule has 4 rings (SSSR count). The zero-order valence-corrected chi connectivity index (χ0v) is 21.8. The summed E-state index contributed by atoms with van der Waals surface area (Å²) >= 11 is 12.0. The Morgan fingerprint density at radius 1 is 1.17 bits per heavy atom. The maximum Gasteiger partial charge on any atom is 0.345 e. The summed E-state index contributed by atoms with van der Waals surface area (Å²) in [7, 11) is -9.08. The number of fused-ring (bicyclic) bond motifs is 1. The fourth-order valence-corrected chi connectivity index (χ4v) is 7.56. The highest BCUT2D eigenvalue weighted by Crippen LogP contribution is 2.41. The Morgan fingerprint density at radius 3 is 2.58 bits per heavy atom. The molecule has 36 heavy (non-hydrogen) atoms. The summed E-state index contributed by atoms with van der Waals surface area (Å²) in [6.45, 7) is 0.291. The second-order valence-electron chi connectivity index (χ2n) is 7.94. The molecule has 0 amide bonds. The molecule has 0 bridgehead atoms. The molecule has 0 fully saturated rings. The fraction of sp³-hybridized carbons (Fsp3) is 0.238. The van der Waals surface area contributed by atoms with Gasteiger partial charge in [0.1, 0.15) is 17.4 Å². The topological polar surface area (TPSA) is 158 Å². The summed E-state index contributed by atoms with van der Waals surface area (Å²) < 4.78 is 41.3. The third-order valence-corrected chi connectivity index (χ3v) is 8.68. The van der Waals surface area contributed by atoms with Crippen molar-refractivity contribution < 1.29 is 27.9 Å². The highest BCUT2D eigenvalue weighted by molar-refractivity contribution is 7.93. The quantitative estimate of drug-likeness (QED) is 0.282. The summed E-state index contributed by atoms with van der Waals surface area (Å²) in [6.07, 6.45) is 3.32. The number of allylic oxidation sites excluding steroid dienone is 3. The standard InChI is InChI=1S/C21H22Cl2N5O6PS/c22-15-10-16(23)12-18(11-15)36(33,34)28(13-35(30,31)32)17-1-2-19-14(9-17)5-7-27(19)21-4-3-20(25-26-21)24-6-8-29/h1-5,7,9-11,18,29H,6,8,12-13H2,(H,24,25)(H2,30,31,32). The Labute approximate surface area is 216 Å². The Bertz CT molecular complexity index is 1490. The number of nitrogens with one attached hydrogen (secondary N) is 1. The first-order chi connectivity index (χ1) is 17.0. The number of anilines is 2. The number of aliphatic hydroxyl groups is 1. The van der Waals surface area contributed by atoms with Gasteiger partial charge in [-0.2, -0.15) is 0 Å². The third-order valence-electron chi connectivity index (χ3n) is 5.32. The number of rotatable bonds is 9. The van der Waals surface area contributed by atoms with Crippen LogP contribution in [0.3, 0.4) is 0 Å². The Morgan fingerprint density at radius 2 is 1.94 bits per heavy atom. The first-order valence-corrected chi connectivity index (χ1v) is 14.6. The molecule has 0 saturated heterocycles. The van der Waals surface area contributed by atoms with E-state index in [1.165, 1.54) is 24.3 Å². The molecule has 1 atom stereocenters. The number of aromatic nitrogens is 3. The van der Waals surface area contributed by atoms with Gasteiger partial charge in [0.15, 0.2) is 5.82 Å². The van der Waals surface area contributed by atoms with Gasteiger partial charge >= 0.3 is 7.60 Å². The van der Waals surface area contributed by atoms with Gasteiger partial charge in [-0.05, 0) is 48.6 Å². The summed E-state index contributed by atoms with van der Waals surface area (Å²) in [5, 5.41) is 19.8. The molecular weight excluding hydrogens is 552 g/mol. The fourth-order valence-electron chi connectivity index (χ4n) is 3.73. The van der Waals surface area contributed by atoms with E-state index in [-0.39, 0.29) is 28.8 Å². The van der Waals surface area contributed by atoms with Gasteiger partial charge < -0.3 is 20.2 Å². The maximum absolute atomic E-state index is 13.5. The molecule has 11 nitrogen and oxygen atoms in total. The van der Waals surface area contributed by atoms with Gasteiger partial charge in [-0.25, -0.2) is 8.42 Å². The van der Waals surface area contributed by atoms with E-state index in [1.54, 1.807) is 35.0 Å². The lowest BCUT2D eigenvalue weighted by atomic mass is 10.2. The molecule has 2 heterocycles. The number of hydrogen-bond donors (Lipinski definition) is 4. The summed E-state index contributed by atoms with van der Waals surface area (Å²) in [4.78, 5) is 19.3. The Balaban J connectivity index is 1.71. The van der Waals surface area contributed by atoms with Crippen molar-refractivity contribution in [3.8, 4) is 5.82 Å². The molecule has 0 aliphatic heterocycles. The highest BCUT2D eigenvalue weighted by Gasteiger charge is 2.36. The van der Waals surface area contributed by atoms with Crippen LogP contribution in [0, 0.1) is 0 Å². The van der Waals surface area contributed by atoms with Crippen molar-refractivity contribution >= 4 is 63.2 Å². The molecule has 0 radical (unpaired) electrons. The van der Waals surface area contributed by atoms with Crippen LogP contribution in [-0.2, 0) is 14.6 Å². The molecule has 192 valence electrons. The molecule has 1 aromatic carbocycles.